The van der Waals surface area contributed by atoms with Crippen molar-refractivity contribution in [2.75, 3.05) is 25.0 Å². The summed E-state index contributed by atoms with van der Waals surface area (Å²) in [5.41, 5.74) is 3.37. The van der Waals surface area contributed by atoms with Crippen molar-refractivity contribution < 1.29 is 4.79 Å². The smallest absolute Gasteiger partial charge is 0.255 e. The van der Waals surface area contributed by atoms with E-state index in [4.69, 9.17) is 16.9 Å². The summed E-state index contributed by atoms with van der Waals surface area (Å²) in [6.07, 6.45) is 1.45. The molecule has 2 heterocycles. The summed E-state index contributed by atoms with van der Waals surface area (Å²) >= 11 is 6.31. The summed E-state index contributed by atoms with van der Waals surface area (Å²) in [6.45, 7) is 7.86. The first-order chi connectivity index (χ1) is 13.0. The molecular formula is C20H22ClN5O. The van der Waals surface area contributed by atoms with Crippen LogP contribution in [-0.4, -0.2) is 41.5 Å². The monoisotopic (exact) mass is 383 g/mol. The maximum Gasteiger partial charge on any atom is 0.255 e. The molecule has 0 unspecified atom stereocenters. The number of carbonyl (C=O) groups excluding carboxylic acids is 1. The molecule has 6 nitrogen and oxygen atoms in total. The van der Waals surface area contributed by atoms with Gasteiger partial charge in [0.25, 0.3) is 5.91 Å². The van der Waals surface area contributed by atoms with Crippen LogP contribution in [0.2, 0.25) is 5.02 Å². The molecule has 2 N–H and O–H groups in total. The average Bonchev–Trinajstić information content (AvgIpc) is 2.65. The first kappa shape index (κ1) is 19.3. The molecular weight excluding hydrogens is 362 g/mol. The molecule has 7 heteroatoms. The zero-order chi connectivity index (χ0) is 19.4. The van der Waals surface area contributed by atoms with Gasteiger partial charge in [-0.15, -0.1) is 0 Å². The molecule has 1 aliphatic heterocycles. The molecule has 0 spiro atoms. The van der Waals surface area contributed by atoms with Gasteiger partial charge >= 0.3 is 0 Å². The number of halogens is 1. The Balaban J connectivity index is 1.80. The number of carbonyl (C=O) groups is 1. The van der Waals surface area contributed by atoms with Gasteiger partial charge < -0.3 is 10.6 Å². The van der Waals surface area contributed by atoms with Crippen molar-refractivity contribution in [2.45, 2.75) is 26.4 Å². The predicted octanol–water partition coefficient (Wildman–Crippen LogP) is 2.96. The van der Waals surface area contributed by atoms with Crippen LogP contribution in [0.25, 0.3) is 0 Å². The number of hydrogen-bond donors (Lipinski definition) is 2. The van der Waals surface area contributed by atoms with E-state index in [1.807, 2.05) is 19.1 Å². The van der Waals surface area contributed by atoms with Crippen LogP contribution in [-0.2, 0) is 6.54 Å². The van der Waals surface area contributed by atoms with E-state index in [0.717, 1.165) is 37.3 Å². The molecule has 0 radical (unpaired) electrons. The molecule has 3 rings (SSSR count). The summed E-state index contributed by atoms with van der Waals surface area (Å²) in [5, 5.41) is 15.9. The molecule has 2 aromatic rings. The minimum absolute atomic E-state index is 0.207. The fourth-order valence-corrected chi connectivity index (χ4v) is 3.49. The highest BCUT2D eigenvalue weighted by Gasteiger charge is 2.18. The van der Waals surface area contributed by atoms with E-state index in [0.29, 0.717) is 22.3 Å². The highest BCUT2D eigenvalue weighted by atomic mass is 35.5. The maximum absolute atomic E-state index is 12.6. The van der Waals surface area contributed by atoms with E-state index in [1.54, 1.807) is 12.1 Å². The van der Waals surface area contributed by atoms with Gasteiger partial charge in [-0.2, -0.15) is 5.26 Å². The van der Waals surface area contributed by atoms with Gasteiger partial charge in [0.15, 0.2) is 0 Å². The number of amides is 1. The number of nitrogens with one attached hydrogen (secondary N) is 2. The van der Waals surface area contributed by atoms with E-state index in [1.165, 1.54) is 12.3 Å². The van der Waals surface area contributed by atoms with Crippen LogP contribution in [0.1, 0.15) is 34.1 Å². The average molecular weight is 384 g/mol. The fraction of sp³-hybridized carbons (Fsp3) is 0.350. The molecule has 1 aromatic carbocycles. The predicted molar refractivity (Wildman–Crippen MR) is 106 cm³/mol. The molecule has 1 fully saturated rings. The van der Waals surface area contributed by atoms with Crippen molar-refractivity contribution in [1.82, 2.24) is 15.2 Å². The lowest BCUT2D eigenvalue weighted by Crippen LogP contribution is -2.48. The van der Waals surface area contributed by atoms with Crippen LogP contribution in [0.15, 0.2) is 30.5 Å². The summed E-state index contributed by atoms with van der Waals surface area (Å²) in [5.74, 6) is -0.291. The van der Waals surface area contributed by atoms with E-state index in [2.05, 4.69) is 27.4 Å². The molecule has 1 aliphatic rings. The number of benzene rings is 1. The standard InChI is InChI=1S/C20H22ClN5O/c1-13-11-26(6-5-23-13)12-16-7-17(21)9-19(14(16)2)25-20(27)15-3-4-24-18(8-15)10-22/h3-4,7-9,13,23H,5-6,11-12H2,1-2H3,(H,25,27)/t13-/m0/s1. The van der Waals surface area contributed by atoms with Crippen LogP contribution >= 0.6 is 11.6 Å². The molecule has 0 aliphatic carbocycles. The molecule has 1 aromatic heterocycles. The maximum atomic E-state index is 12.6. The van der Waals surface area contributed by atoms with Crippen LogP contribution in [0.4, 0.5) is 5.69 Å². The van der Waals surface area contributed by atoms with Crippen molar-refractivity contribution in [3.8, 4) is 6.07 Å². The molecule has 140 valence electrons. The minimum atomic E-state index is -0.291. The van der Waals surface area contributed by atoms with Crippen LogP contribution < -0.4 is 10.6 Å². The zero-order valence-electron chi connectivity index (χ0n) is 15.4. The lowest BCUT2D eigenvalue weighted by molar-refractivity contribution is 0.102. The Morgan fingerprint density at radius 2 is 2.30 bits per heavy atom. The van der Waals surface area contributed by atoms with Gasteiger partial charge in [0, 0.05) is 54.7 Å². The third-order valence-corrected chi connectivity index (χ3v) is 4.93. The van der Waals surface area contributed by atoms with Crippen molar-refractivity contribution in [3.05, 3.63) is 57.9 Å². The molecule has 1 saturated heterocycles. The van der Waals surface area contributed by atoms with Gasteiger partial charge in [0.1, 0.15) is 11.8 Å². The number of aromatic nitrogens is 1. The van der Waals surface area contributed by atoms with Crippen LogP contribution in [0.5, 0.6) is 0 Å². The van der Waals surface area contributed by atoms with Gasteiger partial charge in [-0.1, -0.05) is 11.6 Å². The second kappa shape index (κ2) is 8.49. The van der Waals surface area contributed by atoms with E-state index in [-0.39, 0.29) is 11.6 Å². The van der Waals surface area contributed by atoms with Gasteiger partial charge in [-0.3, -0.25) is 9.69 Å². The van der Waals surface area contributed by atoms with Crippen molar-refractivity contribution in [1.29, 1.82) is 5.26 Å². The summed E-state index contributed by atoms with van der Waals surface area (Å²) in [6, 6.07) is 9.16. The lowest BCUT2D eigenvalue weighted by Gasteiger charge is -2.32. The SMILES string of the molecule is Cc1c(CN2CCN[C@@H](C)C2)cc(Cl)cc1NC(=O)c1ccnc(C#N)c1. The Kier molecular flexibility index (Phi) is 6.07. The van der Waals surface area contributed by atoms with Crippen LogP contribution in [0.3, 0.4) is 0 Å². The Morgan fingerprint density at radius 1 is 1.48 bits per heavy atom. The van der Waals surface area contributed by atoms with E-state index < -0.39 is 0 Å². The van der Waals surface area contributed by atoms with Crippen LogP contribution in [0, 0.1) is 18.3 Å². The summed E-state index contributed by atoms with van der Waals surface area (Å²) < 4.78 is 0. The van der Waals surface area contributed by atoms with Gasteiger partial charge in [-0.25, -0.2) is 4.98 Å². The summed E-state index contributed by atoms with van der Waals surface area (Å²) in [4.78, 5) is 18.9. The van der Waals surface area contributed by atoms with Crippen molar-refractivity contribution in [2.24, 2.45) is 0 Å². The first-order valence-corrected chi connectivity index (χ1v) is 9.26. The quantitative estimate of drug-likeness (QED) is 0.848. The first-order valence-electron chi connectivity index (χ1n) is 8.88. The van der Waals surface area contributed by atoms with E-state index >= 15 is 0 Å². The minimum Gasteiger partial charge on any atom is -0.322 e. The highest BCUT2D eigenvalue weighted by molar-refractivity contribution is 6.31. The molecule has 0 saturated carbocycles. The van der Waals surface area contributed by atoms with Gasteiger partial charge in [0.05, 0.1) is 0 Å². The topological polar surface area (TPSA) is 81.0 Å². The zero-order valence-corrected chi connectivity index (χ0v) is 16.2. The normalized spacial score (nSPS) is 17.3. The number of rotatable bonds is 4. The Bertz CT molecular complexity index is 892. The third kappa shape index (κ3) is 4.83. The number of nitrogens with zero attached hydrogens (tertiary/aromatic N) is 3. The Morgan fingerprint density at radius 3 is 3.04 bits per heavy atom. The van der Waals surface area contributed by atoms with Crippen molar-refractivity contribution >= 4 is 23.2 Å². The second-order valence-corrected chi connectivity index (χ2v) is 7.26. The Labute approximate surface area is 164 Å². The fourth-order valence-electron chi connectivity index (χ4n) is 3.25. The molecule has 1 atom stereocenters. The molecule has 27 heavy (non-hydrogen) atoms. The number of hydrogen-bond acceptors (Lipinski definition) is 5. The summed E-state index contributed by atoms with van der Waals surface area (Å²) in [7, 11) is 0. The molecule has 1 amide bonds. The van der Waals surface area contributed by atoms with Gasteiger partial charge in [-0.05, 0) is 49.2 Å². The highest BCUT2D eigenvalue weighted by Crippen LogP contribution is 2.27. The number of nitriles is 1. The van der Waals surface area contributed by atoms with Gasteiger partial charge in [0.2, 0.25) is 0 Å². The lowest BCUT2D eigenvalue weighted by atomic mass is 10.0. The number of pyridine rings is 1. The van der Waals surface area contributed by atoms with E-state index in [9.17, 15) is 4.79 Å². The van der Waals surface area contributed by atoms with Crippen molar-refractivity contribution in [3.63, 3.8) is 0 Å². The third-order valence-electron chi connectivity index (χ3n) is 4.71. The number of anilines is 1. The number of piperazine rings is 1. The molecule has 0 bridgehead atoms. The second-order valence-electron chi connectivity index (χ2n) is 6.82. The Hall–Kier alpha value is -2.46. The largest absolute Gasteiger partial charge is 0.322 e.